The molecule has 0 aromatic carbocycles. The van der Waals surface area contributed by atoms with Crippen LogP contribution in [0.3, 0.4) is 0 Å². The summed E-state index contributed by atoms with van der Waals surface area (Å²) in [7, 11) is 2.15. The van der Waals surface area contributed by atoms with Crippen LogP contribution in [0.2, 0.25) is 5.28 Å². The number of nitrogens with one attached hydrogen (secondary N) is 1. The molecule has 1 atom stereocenters. The standard InChI is InChI=1S/C13H23ClN6/c1-4-6-15-12-16-11(14)17-13(18-12)20-8-5-7-19(3)9-10(20)2/h10H,4-9H2,1-3H3,(H,15,16,17,18). The first-order valence-electron chi connectivity index (χ1n) is 7.20. The second-order valence-corrected chi connectivity index (χ2v) is 5.65. The van der Waals surface area contributed by atoms with Crippen LogP contribution in [0.25, 0.3) is 0 Å². The molecule has 0 bridgehead atoms. The van der Waals surface area contributed by atoms with Crippen molar-refractivity contribution in [3.63, 3.8) is 0 Å². The summed E-state index contributed by atoms with van der Waals surface area (Å²) in [5.74, 6) is 1.23. The van der Waals surface area contributed by atoms with Crippen LogP contribution in [0.5, 0.6) is 0 Å². The topological polar surface area (TPSA) is 57.2 Å². The molecule has 1 saturated heterocycles. The molecule has 0 aliphatic carbocycles. The number of likely N-dealkylation sites (N-methyl/N-ethyl adjacent to an activating group) is 1. The first-order chi connectivity index (χ1) is 9.60. The third kappa shape index (κ3) is 3.93. The van der Waals surface area contributed by atoms with Crippen molar-refractivity contribution in [1.82, 2.24) is 19.9 Å². The SMILES string of the molecule is CCCNc1nc(Cl)nc(N2CCCN(C)CC2C)n1. The summed E-state index contributed by atoms with van der Waals surface area (Å²) in [4.78, 5) is 17.5. The Morgan fingerprint density at radius 2 is 2.10 bits per heavy atom. The normalized spacial score (nSPS) is 20.8. The van der Waals surface area contributed by atoms with E-state index in [0.717, 1.165) is 39.0 Å². The molecule has 1 aliphatic rings. The summed E-state index contributed by atoms with van der Waals surface area (Å²) < 4.78 is 0. The van der Waals surface area contributed by atoms with Gasteiger partial charge in [-0.2, -0.15) is 15.0 Å². The van der Waals surface area contributed by atoms with Crippen molar-refractivity contribution in [1.29, 1.82) is 0 Å². The fourth-order valence-corrected chi connectivity index (χ4v) is 2.61. The predicted molar refractivity (Wildman–Crippen MR) is 82.5 cm³/mol. The van der Waals surface area contributed by atoms with E-state index in [1.165, 1.54) is 0 Å². The Kier molecular flexibility index (Phi) is 5.37. The lowest BCUT2D eigenvalue weighted by molar-refractivity contribution is 0.337. The van der Waals surface area contributed by atoms with E-state index in [1.54, 1.807) is 0 Å². The van der Waals surface area contributed by atoms with Crippen LogP contribution < -0.4 is 10.2 Å². The maximum Gasteiger partial charge on any atom is 0.231 e. The fraction of sp³-hybridized carbons (Fsp3) is 0.769. The highest BCUT2D eigenvalue weighted by Gasteiger charge is 2.22. The molecule has 112 valence electrons. The van der Waals surface area contributed by atoms with Crippen LogP contribution in [-0.4, -0.2) is 59.1 Å². The van der Waals surface area contributed by atoms with E-state index in [1.807, 2.05) is 0 Å². The van der Waals surface area contributed by atoms with Gasteiger partial charge in [0.05, 0.1) is 0 Å². The van der Waals surface area contributed by atoms with Gasteiger partial charge in [0.2, 0.25) is 17.2 Å². The van der Waals surface area contributed by atoms with E-state index in [-0.39, 0.29) is 5.28 Å². The zero-order valence-electron chi connectivity index (χ0n) is 12.4. The number of hydrogen-bond donors (Lipinski definition) is 1. The molecule has 1 fully saturated rings. The highest BCUT2D eigenvalue weighted by atomic mass is 35.5. The van der Waals surface area contributed by atoms with Crippen LogP contribution >= 0.6 is 11.6 Å². The van der Waals surface area contributed by atoms with Crippen molar-refractivity contribution in [3.8, 4) is 0 Å². The number of hydrogen-bond acceptors (Lipinski definition) is 6. The number of anilines is 2. The largest absolute Gasteiger partial charge is 0.354 e. The van der Waals surface area contributed by atoms with E-state index in [9.17, 15) is 0 Å². The molecule has 1 unspecified atom stereocenters. The summed E-state index contributed by atoms with van der Waals surface area (Å²) in [6, 6.07) is 0.361. The highest BCUT2D eigenvalue weighted by molar-refractivity contribution is 6.28. The highest BCUT2D eigenvalue weighted by Crippen LogP contribution is 2.19. The molecular weight excluding hydrogens is 276 g/mol. The summed E-state index contributed by atoms with van der Waals surface area (Å²) in [5, 5.41) is 3.42. The van der Waals surface area contributed by atoms with Gasteiger partial charge >= 0.3 is 0 Å². The lowest BCUT2D eigenvalue weighted by Crippen LogP contribution is -2.39. The van der Waals surface area contributed by atoms with Gasteiger partial charge in [-0.15, -0.1) is 0 Å². The minimum Gasteiger partial charge on any atom is -0.354 e. The van der Waals surface area contributed by atoms with Gasteiger partial charge in [-0.05, 0) is 45.0 Å². The van der Waals surface area contributed by atoms with E-state index in [4.69, 9.17) is 11.6 Å². The van der Waals surface area contributed by atoms with Gasteiger partial charge in [-0.1, -0.05) is 6.92 Å². The average molecular weight is 299 g/mol. The summed E-state index contributed by atoms with van der Waals surface area (Å²) in [6.07, 6.45) is 2.12. The third-order valence-corrected chi connectivity index (χ3v) is 3.60. The van der Waals surface area contributed by atoms with Gasteiger partial charge in [0.1, 0.15) is 0 Å². The lowest BCUT2D eigenvalue weighted by Gasteiger charge is -2.28. The van der Waals surface area contributed by atoms with E-state index >= 15 is 0 Å². The van der Waals surface area contributed by atoms with Crippen molar-refractivity contribution in [3.05, 3.63) is 5.28 Å². The summed E-state index contributed by atoms with van der Waals surface area (Å²) in [6.45, 7) is 8.17. The molecular formula is C13H23ClN6. The molecule has 1 aromatic rings. The molecule has 6 nitrogen and oxygen atoms in total. The summed E-state index contributed by atoms with van der Waals surface area (Å²) in [5.41, 5.74) is 0. The Labute approximate surface area is 125 Å². The second-order valence-electron chi connectivity index (χ2n) is 5.31. The smallest absolute Gasteiger partial charge is 0.231 e. The molecule has 7 heteroatoms. The number of aromatic nitrogens is 3. The van der Waals surface area contributed by atoms with Crippen molar-refractivity contribution in [2.45, 2.75) is 32.7 Å². The fourth-order valence-electron chi connectivity index (χ4n) is 2.45. The zero-order chi connectivity index (χ0) is 14.5. The maximum absolute atomic E-state index is 6.03. The van der Waals surface area contributed by atoms with Gasteiger partial charge in [-0.3, -0.25) is 0 Å². The van der Waals surface area contributed by atoms with Crippen molar-refractivity contribution >= 4 is 23.5 Å². The number of halogens is 1. The van der Waals surface area contributed by atoms with Gasteiger partial charge < -0.3 is 15.1 Å². The van der Waals surface area contributed by atoms with Gasteiger partial charge in [0.25, 0.3) is 0 Å². The maximum atomic E-state index is 6.03. The van der Waals surface area contributed by atoms with Crippen molar-refractivity contribution in [2.24, 2.45) is 0 Å². The van der Waals surface area contributed by atoms with E-state index in [2.05, 4.69) is 51.0 Å². The molecule has 0 saturated carbocycles. The Bertz CT molecular complexity index is 441. The lowest BCUT2D eigenvalue weighted by atomic mass is 10.3. The van der Waals surface area contributed by atoms with E-state index < -0.39 is 0 Å². The van der Waals surface area contributed by atoms with Crippen LogP contribution in [0.1, 0.15) is 26.7 Å². The summed E-state index contributed by atoms with van der Waals surface area (Å²) >= 11 is 6.03. The van der Waals surface area contributed by atoms with Gasteiger partial charge in [0.15, 0.2) is 0 Å². The van der Waals surface area contributed by atoms with Gasteiger partial charge in [-0.25, -0.2) is 0 Å². The molecule has 2 heterocycles. The third-order valence-electron chi connectivity index (χ3n) is 3.43. The Morgan fingerprint density at radius 3 is 2.85 bits per heavy atom. The predicted octanol–water partition coefficient (Wildman–Crippen LogP) is 1.88. The minimum absolute atomic E-state index is 0.249. The average Bonchev–Trinajstić information content (AvgIpc) is 2.56. The molecule has 1 N–H and O–H groups in total. The quantitative estimate of drug-likeness (QED) is 0.916. The van der Waals surface area contributed by atoms with Gasteiger partial charge in [0, 0.05) is 25.7 Å². The molecule has 0 radical (unpaired) electrons. The minimum atomic E-state index is 0.249. The van der Waals surface area contributed by atoms with Crippen molar-refractivity contribution in [2.75, 3.05) is 43.4 Å². The van der Waals surface area contributed by atoms with Crippen molar-refractivity contribution < 1.29 is 0 Å². The second kappa shape index (κ2) is 7.04. The molecule has 20 heavy (non-hydrogen) atoms. The molecule has 0 amide bonds. The van der Waals surface area contributed by atoms with Crippen LogP contribution in [0, 0.1) is 0 Å². The monoisotopic (exact) mass is 298 g/mol. The van der Waals surface area contributed by atoms with Crippen LogP contribution in [-0.2, 0) is 0 Å². The van der Waals surface area contributed by atoms with Crippen LogP contribution in [0.4, 0.5) is 11.9 Å². The molecule has 2 rings (SSSR count). The Balaban J connectivity index is 2.19. The van der Waals surface area contributed by atoms with Crippen LogP contribution in [0.15, 0.2) is 0 Å². The number of nitrogens with zero attached hydrogens (tertiary/aromatic N) is 5. The van der Waals surface area contributed by atoms with E-state index in [0.29, 0.717) is 17.9 Å². The zero-order valence-corrected chi connectivity index (χ0v) is 13.2. The first-order valence-corrected chi connectivity index (χ1v) is 7.58. The number of rotatable bonds is 4. The molecule has 0 spiro atoms. The first kappa shape index (κ1) is 15.3. The molecule has 1 aromatic heterocycles. The Hall–Kier alpha value is -1.14. The Morgan fingerprint density at radius 1 is 1.30 bits per heavy atom. The molecule has 1 aliphatic heterocycles.